The smallest absolute Gasteiger partial charge is 0.478 e. The summed E-state index contributed by atoms with van der Waals surface area (Å²) in [7, 11) is -1.48. The average Bonchev–Trinajstić information content (AvgIpc) is 2.19. The molecule has 84 valence electrons. The minimum atomic E-state index is -3.93. The molecule has 6 nitrogen and oxygen atoms in total. The second kappa shape index (κ2) is 5.81. The number of hydrogen-bond donors (Lipinski definition) is 1. The number of hydrogen-bond acceptors (Lipinski definition) is 6. The molecule has 1 aromatic carbocycles. The Morgan fingerprint density at radius 1 is 1.00 bits per heavy atom. The van der Waals surface area contributed by atoms with Crippen LogP contribution in [0.15, 0.2) is 30.3 Å². The van der Waals surface area contributed by atoms with Crippen LogP contribution >= 0.6 is 0 Å². The van der Waals surface area contributed by atoms with Crippen LogP contribution in [0.2, 0.25) is 0 Å². The first-order valence-corrected chi connectivity index (χ1v) is 5.77. The Bertz CT molecular complexity index is 274. The van der Waals surface area contributed by atoms with Crippen LogP contribution in [0.3, 0.4) is 0 Å². The predicted molar refractivity (Wildman–Crippen MR) is 51.2 cm³/mol. The van der Waals surface area contributed by atoms with E-state index >= 15 is 0 Å². The molecular weight excluding hydrogens is 220 g/mol. The van der Waals surface area contributed by atoms with Gasteiger partial charge in [0.15, 0.2) is 0 Å². The van der Waals surface area contributed by atoms with Gasteiger partial charge < -0.3 is 9.22 Å². The highest BCUT2D eigenvalue weighted by atomic mass is 28.4. The average molecular weight is 232 g/mol. The third-order valence-corrected chi connectivity index (χ3v) is 2.62. The lowest BCUT2D eigenvalue weighted by Gasteiger charge is -2.19. The Morgan fingerprint density at radius 3 is 2.00 bits per heavy atom. The Balaban J connectivity index is 2.66. The van der Waals surface area contributed by atoms with Gasteiger partial charge in [-0.3, -0.25) is 0 Å². The molecule has 1 rings (SSSR count). The standard InChI is InChI=1S/C8H12O6Si/c1-10-13-15(9,14-11-2)12-8-6-4-3-5-7-8/h3-7,9H,1-2H3. The summed E-state index contributed by atoms with van der Waals surface area (Å²) in [5, 5.41) is 0. The molecule has 0 radical (unpaired) electrons. The van der Waals surface area contributed by atoms with Crippen molar-refractivity contribution in [3.8, 4) is 5.75 Å². The van der Waals surface area contributed by atoms with E-state index in [9.17, 15) is 4.80 Å². The van der Waals surface area contributed by atoms with Gasteiger partial charge >= 0.3 is 9.05 Å². The summed E-state index contributed by atoms with van der Waals surface area (Å²) >= 11 is 0. The van der Waals surface area contributed by atoms with E-state index in [0.29, 0.717) is 5.75 Å². The predicted octanol–water partition coefficient (Wildman–Crippen LogP) is 0.649. The van der Waals surface area contributed by atoms with Gasteiger partial charge in [0.25, 0.3) is 0 Å². The Morgan fingerprint density at radius 2 is 1.53 bits per heavy atom. The van der Waals surface area contributed by atoms with E-state index in [1.54, 1.807) is 24.3 Å². The summed E-state index contributed by atoms with van der Waals surface area (Å²) in [6.07, 6.45) is 0. The van der Waals surface area contributed by atoms with Crippen LogP contribution in [0, 0.1) is 0 Å². The fourth-order valence-electron chi connectivity index (χ4n) is 0.896. The van der Waals surface area contributed by atoms with E-state index in [-0.39, 0.29) is 0 Å². The molecule has 0 spiro atoms. The van der Waals surface area contributed by atoms with Crippen molar-refractivity contribution in [2.75, 3.05) is 14.2 Å². The van der Waals surface area contributed by atoms with Crippen LogP contribution in [0.5, 0.6) is 5.75 Å². The normalized spacial score (nSPS) is 11.4. The van der Waals surface area contributed by atoms with E-state index < -0.39 is 9.05 Å². The van der Waals surface area contributed by atoms with Gasteiger partial charge in [0.1, 0.15) is 5.75 Å². The van der Waals surface area contributed by atoms with Crippen molar-refractivity contribution in [3.63, 3.8) is 0 Å². The molecule has 0 aliphatic carbocycles. The quantitative estimate of drug-likeness (QED) is 0.441. The molecule has 0 heterocycles. The van der Waals surface area contributed by atoms with E-state index in [4.69, 9.17) is 4.43 Å². The van der Waals surface area contributed by atoms with Crippen molar-refractivity contribution >= 4 is 9.05 Å². The first-order valence-electron chi connectivity index (χ1n) is 4.10. The van der Waals surface area contributed by atoms with Crippen molar-refractivity contribution < 1.29 is 28.2 Å². The van der Waals surface area contributed by atoms with Gasteiger partial charge in [0, 0.05) is 0 Å². The maximum Gasteiger partial charge on any atom is 0.803 e. The first-order chi connectivity index (χ1) is 7.20. The maximum atomic E-state index is 9.69. The molecule has 0 amide bonds. The molecule has 0 unspecified atom stereocenters. The van der Waals surface area contributed by atoms with E-state index in [2.05, 4.69) is 18.9 Å². The number of rotatable bonds is 6. The summed E-state index contributed by atoms with van der Waals surface area (Å²) < 4.78 is 14.1. The van der Waals surface area contributed by atoms with Gasteiger partial charge in [-0.15, -0.1) is 0 Å². The topological polar surface area (TPSA) is 66.4 Å². The van der Waals surface area contributed by atoms with Gasteiger partial charge in [-0.25, -0.2) is 9.78 Å². The highest BCUT2D eigenvalue weighted by Crippen LogP contribution is 2.15. The molecule has 1 aromatic rings. The van der Waals surface area contributed by atoms with Gasteiger partial charge in [-0.05, 0) is 12.1 Å². The summed E-state index contributed by atoms with van der Waals surface area (Å²) in [4.78, 5) is 18.3. The molecule has 15 heavy (non-hydrogen) atoms. The van der Waals surface area contributed by atoms with Gasteiger partial charge in [-0.2, -0.15) is 9.15 Å². The summed E-state index contributed by atoms with van der Waals surface area (Å²) in [5.74, 6) is 0.390. The molecule has 0 fully saturated rings. The molecule has 0 aromatic heterocycles. The monoisotopic (exact) mass is 232 g/mol. The maximum absolute atomic E-state index is 9.69. The Labute approximate surface area is 88.3 Å². The fraction of sp³-hybridized carbons (Fsp3) is 0.250. The van der Waals surface area contributed by atoms with E-state index in [0.717, 1.165) is 0 Å². The highest BCUT2D eigenvalue weighted by Gasteiger charge is 2.48. The van der Waals surface area contributed by atoms with Crippen LogP contribution in [-0.4, -0.2) is 28.1 Å². The van der Waals surface area contributed by atoms with Crippen LogP contribution in [0.25, 0.3) is 0 Å². The SMILES string of the molecule is COO[Si](O)(OOC)Oc1ccccc1. The second-order valence-corrected chi connectivity index (χ2v) is 4.02. The molecule has 1 N–H and O–H groups in total. The number of para-hydroxylation sites is 1. The third-order valence-electron chi connectivity index (χ3n) is 1.37. The fourth-order valence-corrected chi connectivity index (χ4v) is 1.85. The lowest BCUT2D eigenvalue weighted by atomic mass is 10.3. The van der Waals surface area contributed by atoms with Crippen molar-refractivity contribution in [2.45, 2.75) is 0 Å². The summed E-state index contributed by atoms with van der Waals surface area (Å²) in [5.41, 5.74) is 0. The number of benzene rings is 1. The Kier molecular flexibility index (Phi) is 4.69. The largest absolute Gasteiger partial charge is 0.803 e. The van der Waals surface area contributed by atoms with Crippen molar-refractivity contribution in [2.24, 2.45) is 0 Å². The minimum Gasteiger partial charge on any atom is -0.478 e. The van der Waals surface area contributed by atoms with Crippen LogP contribution in [-0.2, 0) is 18.9 Å². The molecular formula is C8H12O6Si. The van der Waals surface area contributed by atoms with Crippen molar-refractivity contribution in [3.05, 3.63) is 30.3 Å². The van der Waals surface area contributed by atoms with Gasteiger partial charge in [0.2, 0.25) is 0 Å². The molecule has 0 aliphatic heterocycles. The molecule has 0 saturated carbocycles. The molecule has 7 heteroatoms. The third kappa shape index (κ3) is 3.96. The molecule has 0 saturated heterocycles. The summed E-state index contributed by atoms with van der Waals surface area (Å²) in [6.45, 7) is 0. The van der Waals surface area contributed by atoms with Crippen LogP contribution < -0.4 is 4.43 Å². The molecule has 0 bridgehead atoms. The Hall–Kier alpha value is -0.963. The van der Waals surface area contributed by atoms with Gasteiger partial charge in [-0.1, -0.05) is 18.2 Å². The van der Waals surface area contributed by atoms with E-state index in [1.807, 2.05) is 6.07 Å². The first kappa shape index (κ1) is 12.1. The lowest BCUT2D eigenvalue weighted by molar-refractivity contribution is -0.309. The molecule has 0 atom stereocenters. The van der Waals surface area contributed by atoms with Crippen molar-refractivity contribution in [1.29, 1.82) is 0 Å². The zero-order valence-electron chi connectivity index (χ0n) is 8.38. The lowest BCUT2D eigenvalue weighted by Crippen LogP contribution is -2.48. The minimum absolute atomic E-state index is 0.390. The zero-order chi connectivity index (χ0) is 11.1. The van der Waals surface area contributed by atoms with Crippen LogP contribution in [0.4, 0.5) is 0 Å². The van der Waals surface area contributed by atoms with Gasteiger partial charge in [0.05, 0.1) is 14.2 Å². The zero-order valence-corrected chi connectivity index (χ0v) is 9.38. The van der Waals surface area contributed by atoms with Crippen molar-refractivity contribution in [1.82, 2.24) is 0 Å². The second-order valence-electron chi connectivity index (χ2n) is 2.44. The summed E-state index contributed by atoms with van der Waals surface area (Å²) in [6, 6.07) is 8.56. The molecule has 0 aliphatic rings. The van der Waals surface area contributed by atoms with E-state index in [1.165, 1.54) is 14.2 Å². The van der Waals surface area contributed by atoms with Crippen LogP contribution in [0.1, 0.15) is 0 Å². The highest BCUT2D eigenvalue weighted by molar-refractivity contribution is 6.52.